The van der Waals surface area contributed by atoms with E-state index < -0.39 is 0 Å². The van der Waals surface area contributed by atoms with E-state index in [1.807, 2.05) is 12.1 Å². The third-order valence-corrected chi connectivity index (χ3v) is 5.77. The predicted molar refractivity (Wildman–Crippen MR) is 100 cm³/mol. The van der Waals surface area contributed by atoms with Crippen molar-refractivity contribution in [2.45, 2.75) is 51.0 Å². The molecule has 0 aromatic heterocycles. The first-order valence-corrected chi connectivity index (χ1v) is 9.19. The highest BCUT2D eigenvalue weighted by atomic mass is 16.6. The van der Waals surface area contributed by atoms with E-state index in [-0.39, 0.29) is 11.6 Å². The summed E-state index contributed by atoms with van der Waals surface area (Å²) in [7, 11) is 0. The highest BCUT2D eigenvalue weighted by Crippen LogP contribution is 2.57. The molecule has 134 valence electrons. The van der Waals surface area contributed by atoms with Crippen molar-refractivity contribution in [2.75, 3.05) is 0 Å². The van der Waals surface area contributed by atoms with Crippen LogP contribution in [0.4, 0.5) is 0 Å². The second kappa shape index (κ2) is 7.07. The number of ether oxygens (including phenoxy) is 1. The van der Waals surface area contributed by atoms with Crippen molar-refractivity contribution in [2.24, 2.45) is 17.8 Å². The Morgan fingerprint density at radius 2 is 1.60 bits per heavy atom. The normalized spacial score (nSPS) is 31.6. The van der Waals surface area contributed by atoms with Gasteiger partial charge in [0, 0.05) is 5.57 Å². The second-order valence-corrected chi connectivity index (χ2v) is 8.07. The van der Waals surface area contributed by atoms with Gasteiger partial charge in [0.1, 0.15) is 11.4 Å². The molecule has 4 aliphatic rings. The zero-order valence-electron chi connectivity index (χ0n) is 15.0. The second-order valence-electron chi connectivity index (χ2n) is 8.07. The van der Waals surface area contributed by atoms with Crippen LogP contribution in [0.15, 0.2) is 43.0 Å². The van der Waals surface area contributed by atoms with Crippen LogP contribution in [-0.2, 0) is 9.53 Å². The lowest BCUT2D eigenvalue weighted by atomic mass is 9.54. The van der Waals surface area contributed by atoms with Crippen LogP contribution >= 0.6 is 0 Å². The van der Waals surface area contributed by atoms with Gasteiger partial charge in [-0.25, -0.2) is 4.79 Å². The lowest BCUT2D eigenvalue weighted by molar-refractivity contribution is -0.182. The molecule has 5 rings (SSSR count). The number of esters is 1. The number of aromatic hydroxyl groups is 1. The van der Waals surface area contributed by atoms with Gasteiger partial charge in [-0.3, -0.25) is 0 Å². The first-order valence-electron chi connectivity index (χ1n) is 9.19. The first kappa shape index (κ1) is 17.8. The van der Waals surface area contributed by atoms with Crippen LogP contribution in [0, 0.1) is 17.8 Å². The fourth-order valence-electron chi connectivity index (χ4n) is 5.05. The molecule has 0 radical (unpaired) electrons. The zero-order chi connectivity index (χ0) is 18.0. The minimum Gasteiger partial charge on any atom is -0.508 e. The fourth-order valence-corrected chi connectivity index (χ4v) is 5.05. The van der Waals surface area contributed by atoms with Crippen molar-refractivity contribution in [3.05, 3.63) is 48.6 Å². The smallest absolute Gasteiger partial charge is 0.333 e. The minimum absolute atomic E-state index is 0.106. The molecule has 0 spiro atoms. The highest BCUT2D eigenvalue weighted by molar-refractivity contribution is 5.87. The molecule has 0 amide bonds. The van der Waals surface area contributed by atoms with Crippen molar-refractivity contribution in [3.63, 3.8) is 0 Å². The van der Waals surface area contributed by atoms with Crippen LogP contribution in [0.25, 0.3) is 6.08 Å². The molecule has 1 aromatic carbocycles. The standard InChI is InChI=1S/C14H20O2.C8H8O/c1-9(2)13(15)16-14-6-10-3-11(7-14)5-12(4-10)8-14;1-2-7-3-5-8(9)6-4-7/h10-12H,1,3-8H2,2H3;2-6,9H,1H2. The molecule has 4 fully saturated rings. The van der Waals surface area contributed by atoms with Gasteiger partial charge in [0.15, 0.2) is 0 Å². The lowest BCUT2D eigenvalue weighted by Gasteiger charge is -2.55. The van der Waals surface area contributed by atoms with Gasteiger partial charge < -0.3 is 9.84 Å². The van der Waals surface area contributed by atoms with Crippen molar-refractivity contribution in [1.29, 1.82) is 0 Å². The Labute approximate surface area is 150 Å². The van der Waals surface area contributed by atoms with E-state index in [4.69, 9.17) is 9.84 Å². The fraction of sp³-hybridized carbons (Fsp3) is 0.500. The Morgan fingerprint density at radius 1 is 1.12 bits per heavy atom. The Hall–Kier alpha value is -2.03. The maximum atomic E-state index is 11.7. The number of carbonyl (C=O) groups is 1. The monoisotopic (exact) mass is 340 g/mol. The van der Waals surface area contributed by atoms with E-state index >= 15 is 0 Å². The van der Waals surface area contributed by atoms with E-state index in [1.54, 1.807) is 25.1 Å². The molecule has 3 nitrogen and oxygen atoms in total. The Bertz CT molecular complexity index is 621. The highest BCUT2D eigenvalue weighted by Gasteiger charge is 2.53. The summed E-state index contributed by atoms with van der Waals surface area (Å²) < 4.78 is 5.77. The first-order chi connectivity index (χ1) is 11.9. The van der Waals surface area contributed by atoms with Gasteiger partial charge in [-0.15, -0.1) is 0 Å². The van der Waals surface area contributed by atoms with Crippen LogP contribution in [-0.4, -0.2) is 16.7 Å². The van der Waals surface area contributed by atoms with Crippen molar-refractivity contribution in [3.8, 4) is 5.75 Å². The molecule has 1 N–H and O–H groups in total. The van der Waals surface area contributed by atoms with Crippen molar-refractivity contribution in [1.82, 2.24) is 0 Å². The number of phenolic OH excluding ortho intramolecular Hbond substituents is 1. The summed E-state index contributed by atoms with van der Waals surface area (Å²) in [6.45, 7) is 9.00. The number of hydrogen-bond donors (Lipinski definition) is 1. The molecule has 25 heavy (non-hydrogen) atoms. The van der Waals surface area contributed by atoms with Gasteiger partial charge in [-0.05, 0) is 80.9 Å². The van der Waals surface area contributed by atoms with Gasteiger partial charge in [0.25, 0.3) is 0 Å². The van der Waals surface area contributed by atoms with Gasteiger partial charge in [0.2, 0.25) is 0 Å². The molecule has 4 bridgehead atoms. The summed E-state index contributed by atoms with van der Waals surface area (Å²) in [4.78, 5) is 11.7. The van der Waals surface area contributed by atoms with E-state index in [0.717, 1.165) is 42.6 Å². The molecule has 0 saturated heterocycles. The van der Waals surface area contributed by atoms with Gasteiger partial charge in [-0.1, -0.05) is 31.4 Å². The van der Waals surface area contributed by atoms with Crippen LogP contribution < -0.4 is 0 Å². The zero-order valence-corrected chi connectivity index (χ0v) is 15.0. The average Bonchev–Trinajstić information content (AvgIpc) is 2.54. The summed E-state index contributed by atoms with van der Waals surface area (Å²) in [6.07, 6.45) is 9.20. The van der Waals surface area contributed by atoms with Crippen molar-refractivity contribution >= 4 is 12.0 Å². The van der Waals surface area contributed by atoms with Crippen LogP contribution in [0.3, 0.4) is 0 Å². The van der Waals surface area contributed by atoms with Gasteiger partial charge in [0.05, 0.1) is 0 Å². The SMILES string of the molecule is C=C(C)C(=O)OC12CC3CC(CC(C3)C1)C2.C=Cc1ccc(O)cc1. The number of rotatable bonds is 3. The molecule has 4 saturated carbocycles. The minimum atomic E-state index is -0.179. The molecule has 4 aliphatic carbocycles. The van der Waals surface area contributed by atoms with Crippen molar-refractivity contribution < 1.29 is 14.6 Å². The molecule has 0 unspecified atom stereocenters. The number of benzene rings is 1. The average molecular weight is 340 g/mol. The molecule has 0 aliphatic heterocycles. The molecular weight excluding hydrogens is 312 g/mol. The van der Waals surface area contributed by atoms with E-state index in [0.29, 0.717) is 11.3 Å². The van der Waals surface area contributed by atoms with Crippen LogP contribution in [0.5, 0.6) is 5.75 Å². The van der Waals surface area contributed by atoms with E-state index in [1.165, 1.54) is 19.3 Å². The topological polar surface area (TPSA) is 46.5 Å². The van der Waals surface area contributed by atoms with E-state index in [9.17, 15) is 4.79 Å². The third-order valence-electron chi connectivity index (χ3n) is 5.77. The van der Waals surface area contributed by atoms with Crippen LogP contribution in [0.1, 0.15) is 51.0 Å². The van der Waals surface area contributed by atoms with E-state index in [2.05, 4.69) is 13.2 Å². The molecule has 0 heterocycles. The number of hydrogen-bond acceptors (Lipinski definition) is 3. The quantitative estimate of drug-likeness (QED) is 0.614. The number of carbonyl (C=O) groups excluding carboxylic acids is 1. The Morgan fingerprint density at radius 3 is 2.00 bits per heavy atom. The van der Waals surface area contributed by atoms with Gasteiger partial charge >= 0.3 is 5.97 Å². The molecule has 0 atom stereocenters. The lowest BCUT2D eigenvalue weighted by Crippen LogP contribution is -2.52. The Balaban J connectivity index is 0.000000173. The number of phenols is 1. The largest absolute Gasteiger partial charge is 0.508 e. The van der Waals surface area contributed by atoms with Gasteiger partial charge in [-0.2, -0.15) is 0 Å². The summed E-state index contributed by atoms with van der Waals surface area (Å²) in [6, 6.07) is 6.89. The molecule has 3 heteroatoms. The predicted octanol–water partition coefficient (Wildman–Crippen LogP) is 5.11. The summed E-state index contributed by atoms with van der Waals surface area (Å²) in [5.41, 5.74) is 1.45. The summed E-state index contributed by atoms with van der Waals surface area (Å²) in [5, 5.41) is 8.82. The Kier molecular flexibility index (Phi) is 5.03. The molecule has 1 aromatic rings. The summed E-state index contributed by atoms with van der Waals surface area (Å²) in [5.74, 6) is 2.58. The maximum absolute atomic E-state index is 11.7. The summed E-state index contributed by atoms with van der Waals surface area (Å²) >= 11 is 0. The maximum Gasteiger partial charge on any atom is 0.333 e. The third kappa shape index (κ3) is 4.15. The van der Waals surface area contributed by atoms with Crippen LogP contribution in [0.2, 0.25) is 0 Å². The molecular formula is C22H28O3.